The number of carbonyl (C=O) groups excluding carboxylic acids is 2. The highest BCUT2D eigenvalue weighted by Gasteiger charge is 2.10. The molecule has 24 heavy (non-hydrogen) atoms. The van der Waals surface area contributed by atoms with Crippen LogP contribution in [0.4, 0.5) is 5.69 Å². The highest BCUT2D eigenvalue weighted by atomic mass is 16.2. The maximum absolute atomic E-state index is 12.0. The topological polar surface area (TPSA) is 58.2 Å². The molecule has 0 fully saturated rings. The number of aryl methyl sites for hydroxylation is 1. The molecule has 4 nitrogen and oxygen atoms in total. The Bertz CT molecular complexity index is 681. The molecule has 0 saturated heterocycles. The molecular weight excluding hydrogens is 300 g/mol. The van der Waals surface area contributed by atoms with Crippen LogP contribution in [0.5, 0.6) is 0 Å². The van der Waals surface area contributed by atoms with Gasteiger partial charge in [-0.1, -0.05) is 62.4 Å². The van der Waals surface area contributed by atoms with Crippen LogP contribution in [-0.4, -0.2) is 18.4 Å². The Morgan fingerprint density at radius 1 is 0.917 bits per heavy atom. The van der Waals surface area contributed by atoms with Gasteiger partial charge in [0, 0.05) is 12.1 Å². The monoisotopic (exact) mass is 324 g/mol. The number of para-hydroxylation sites is 1. The Labute approximate surface area is 143 Å². The lowest BCUT2D eigenvalue weighted by Gasteiger charge is -2.13. The van der Waals surface area contributed by atoms with Crippen molar-refractivity contribution in [1.29, 1.82) is 0 Å². The fourth-order valence-corrected chi connectivity index (χ4v) is 2.48. The van der Waals surface area contributed by atoms with E-state index in [0.29, 0.717) is 18.8 Å². The van der Waals surface area contributed by atoms with E-state index in [4.69, 9.17) is 0 Å². The van der Waals surface area contributed by atoms with Crippen molar-refractivity contribution < 1.29 is 9.59 Å². The third kappa shape index (κ3) is 5.54. The first-order valence-corrected chi connectivity index (χ1v) is 8.25. The van der Waals surface area contributed by atoms with E-state index in [0.717, 1.165) is 16.8 Å². The highest BCUT2D eigenvalue weighted by molar-refractivity contribution is 5.95. The second-order valence-electron chi connectivity index (χ2n) is 6.05. The summed E-state index contributed by atoms with van der Waals surface area (Å²) in [5.74, 6) is -0.00993. The number of benzene rings is 2. The number of rotatable bonds is 7. The molecule has 2 aromatic rings. The van der Waals surface area contributed by atoms with Crippen molar-refractivity contribution in [1.82, 2.24) is 5.32 Å². The Morgan fingerprint density at radius 3 is 2.29 bits per heavy atom. The quantitative estimate of drug-likeness (QED) is 0.819. The Morgan fingerprint density at radius 2 is 1.58 bits per heavy atom. The fraction of sp³-hybridized carbons (Fsp3) is 0.300. The molecule has 2 N–H and O–H groups in total. The lowest BCUT2D eigenvalue weighted by Crippen LogP contribution is -2.33. The molecule has 0 heterocycles. The number of amides is 2. The third-order valence-corrected chi connectivity index (χ3v) is 3.79. The second-order valence-corrected chi connectivity index (χ2v) is 6.05. The molecule has 0 bridgehead atoms. The van der Waals surface area contributed by atoms with E-state index in [-0.39, 0.29) is 18.4 Å². The Kier molecular flexibility index (Phi) is 6.55. The van der Waals surface area contributed by atoms with Gasteiger partial charge in [-0.25, -0.2) is 0 Å². The summed E-state index contributed by atoms with van der Waals surface area (Å²) >= 11 is 0. The number of hydrogen-bond donors (Lipinski definition) is 2. The lowest BCUT2D eigenvalue weighted by molar-refractivity contribution is -0.124. The molecular formula is C20H24N2O2. The Hall–Kier alpha value is -2.62. The van der Waals surface area contributed by atoms with Gasteiger partial charge in [-0.05, 0) is 29.5 Å². The van der Waals surface area contributed by atoms with Crippen LogP contribution in [0.2, 0.25) is 0 Å². The second kappa shape index (κ2) is 8.87. The molecule has 0 aliphatic heterocycles. The summed E-state index contributed by atoms with van der Waals surface area (Å²) in [7, 11) is 0. The summed E-state index contributed by atoms with van der Waals surface area (Å²) < 4.78 is 0. The normalized spacial score (nSPS) is 10.5. The van der Waals surface area contributed by atoms with E-state index in [1.807, 2.05) is 54.6 Å². The van der Waals surface area contributed by atoms with Crippen molar-refractivity contribution in [3.63, 3.8) is 0 Å². The average molecular weight is 324 g/mol. The van der Waals surface area contributed by atoms with E-state index in [1.165, 1.54) is 0 Å². The molecule has 0 aliphatic rings. The zero-order chi connectivity index (χ0) is 17.4. The SMILES string of the molecule is CC(C)c1ccccc1NC(=O)CNC(=O)CCc1ccccc1. The molecule has 126 valence electrons. The van der Waals surface area contributed by atoms with Crippen molar-refractivity contribution in [2.45, 2.75) is 32.6 Å². The minimum atomic E-state index is -0.212. The minimum absolute atomic E-state index is 0.0138. The first kappa shape index (κ1) is 17.7. The van der Waals surface area contributed by atoms with Gasteiger partial charge in [-0.15, -0.1) is 0 Å². The van der Waals surface area contributed by atoms with Gasteiger partial charge >= 0.3 is 0 Å². The number of anilines is 1. The Balaban J connectivity index is 1.78. The van der Waals surface area contributed by atoms with E-state index >= 15 is 0 Å². The van der Waals surface area contributed by atoms with Crippen molar-refractivity contribution in [3.05, 3.63) is 65.7 Å². The largest absolute Gasteiger partial charge is 0.347 e. The maximum Gasteiger partial charge on any atom is 0.243 e. The van der Waals surface area contributed by atoms with E-state index in [1.54, 1.807) is 0 Å². The smallest absolute Gasteiger partial charge is 0.243 e. The predicted octanol–water partition coefficient (Wildman–Crippen LogP) is 3.50. The predicted molar refractivity (Wildman–Crippen MR) is 96.9 cm³/mol. The highest BCUT2D eigenvalue weighted by Crippen LogP contribution is 2.23. The van der Waals surface area contributed by atoms with Crippen molar-refractivity contribution in [2.24, 2.45) is 0 Å². The molecule has 0 saturated carbocycles. The summed E-state index contributed by atoms with van der Waals surface area (Å²) in [4.78, 5) is 23.9. The average Bonchev–Trinajstić information content (AvgIpc) is 2.59. The van der Waals surface area contributed by atoms with Gasteiger partial charge in [-0.2, -0.15) is 0 Å². The van der Waals surface area contributed by atoms with Crippen molar-refractivity contribution in [2.75, 3.05) is 11.9 Å². The zero-order valence-electron chi connectivity index (χ0n) is 14.2. The van der Waals surface area contributed by atoms with Gasteiger partial charge in [0.1, 0.15) is 0 Å². The van der Waals surface area contributed by atoms with Gasteiger partial charge < -0.3 is 10.6 Å². The molecule has 2 rings (SSSR count). The first-order valence-electron chi connectivity index (χ1n) is 8.25. The standard InChI is InChI=1S/C20H24N2O2/c1-15(2)17-10-6-7-11-18(17)22-20(24)14-21-19(23)13-12-16-8-4-3-5-9-16/h3-11,15H,12-14H2,1-2H3,(H,21,23)(H,22,24). The molecule has 2 amide bonds. The van der Waals surface area contributed by atoms with Crippen LogP contribution in [0.1, 0.15) is 37.3 Å². The summed E-state index contributed by atoms with van der Waals surface area (Å²) in [6.07, 6.45) is 1.05. The van der Waals surface area contributed by atoms with Gasteiger partial charge in [0.2, 0.25) is 11.8 Å². The lowest BCUT2D eigenvalue weighted by atomic mass is 10.0. The van der Waals surface area contributed by atoms with E-state index < -0.39 is 0 Å². The summed E-state index contributed by atoms with van der Waals surface area (Å²) in [5.41, 5.74) is 3.00. The van der Waals surface area contributed by atoms with Crippen LogP contribution in [-0.2, 0) is 16.0 Å². The molecule has 0 atom stereocenters. The van der Waals surface area contributed by atoms with Crippen molar-refractivity contribution in [3.8, 4) is 0 Å². The van der Waals surface area contributed by atoms with E-state index in [9.17, 15) is 9.59 Å². The molecule has 0 unspecified atom stereocenters. The van der Waals surface area contributed by atoms with Gasteiger partial charge in [0.25, 0.3) is 0 Å². The van der Waals surface area contributed by atoms with Crippen molar-refractivity contribution >= 4 is 17.5 Å². The summed E-state index contributed by atoms with van der Waals surface area (Å²) in [5, 5.41) is 5.54. The molecule has 0 aliphatic carbocycles. The fourth-order valence-electron chi connectivity index (χ4n) is 2.48. The van der Waals surface area contributed by atoms with Crippen LogP contribution < -0.4 is 10.6 Å². The van der Waals surface area contributed by atoms with Crippen LogP contribution >= 0.6 is 0 Å². The summed E-state index contributed by atoms with van der Waals surface area (Å²) in [6, 6.07) is 17.5. The number of carbonyl (C=O) groups is 2. The number of nitrogens with one attached hydrogen (secondary N) is 2. The molecule has 0 aromatic heterocycles. The van der Waals surface area contributed by atoms with Crippen LogP contribution in [0.25, 0.3) is 0 Å². The molecule has 2 aromatic carbocycles. The van der Waals surface area contributed by atoms with Crippen LogP contribution in [0, 0.1) is 0 Å². The summed E-state index contributed by atoms with van der Waals surface area (Å²) in [6.45, 7) is 4.15. The van der Waals surface area contributed by atoms with Gasteiger partial charge in [-0.3, -0.25) is 9.59 Å². The third-order valence-electron chi connectivity index (χ3n) is 3.79. The molecule has 0 spiro atoms. The molecule has 0 radical (unpaired) electrons. The number of hydrogen-bond acceptors (Lipinski definition) is 2. The minimum Gasteiger partial charge on any atom is -0.347 e. The zero-order valence-corrected chi connectivity index (χ0v) is 14.2. The van der Waals surface area contributed by atoms with Crippen LogP contribution in [0.3, 0.4) is 0 Å². The first-order chi connectivity index (χ1) is 11.6. The van der Waals surface area contributed by atoms with Gasteiger partial charge in [0.05, 0.1) is 6.54 Å². The molecule has 4 heteroatoms. The van der Waals surface area contributed by atoms with Crippen LogP contribution in [0.15, 0.2) is 54.6 Å². The van der Waals surface area contributed by atoms with E-state index in [2.05, 4.69) is 24.5 Å². The maximum atomic E-state index is 12.0. The van der Waals surface area contributed by atoms with Gasteiger partial charge in [0.15, 0.2) is 0 Å².